The molecule has 31 heavy (non-hydrogen) atoms. The fraction of sp³-hybridized carbons (Fsp3) is 0.571. The summed E-state index contributed by atoms with van der Waals surface area (Å²) in [6, 6.07) is 5.27. The highest BCUT2D eigenvalue weighted by molar-refractivity contribution is 5.96. The van der Waals surface area contributed by atoms with Gasteiger partial charge in [-0.05, 0) is 24.8 Å². The minimum atomic E-state index is -0.629. The summed E-state index contributed by atoms with van der Waals surface area (Å²) in [6.45, 7) is 2.49. The molecule has 10 heteroatoms. The summed E-state index contributed by atoms with van der Waals surface area (Å²) in [4.78, 5) is 50.8. The van der Waals surface area contributed by atoms with E-state index >= 15 is 0 Å². The van der Waals surface area contributed by atoms with Crippen molar-refractivity contribution in [2.75, 3.05) is 32.7 Å². The van der Waals surface area contributed by atoms with E-state index in [4.69, 9.17) is 0 Å². The van der Waals surface area contributed by atoms with Gasteiger partial charge >= 0.3 is 0 Å². The molecule has 2 fully saturated rings. The number of amides is 3. The Morgan fingerprint density at radius 1 is 1.03 bits per heavy atom. The molecule has 1 aromatic carbocycles. The van der Waals surface area contributed by atoms with Crippen LogP contribution in [-0.4, -0.2) is 65.2 Å². The monoisotopic (exact) mass is 431 g/mol. The summed E-state index contributed by atoms with van der Waals surface area (Å²) in [5.74, 6) is -0.295. The zero-order valence-corrected chi connectivity index (χ0v) is 17.5. The molecule has 1 aliphatic heterocycles. The molecule has 2 N–H and O–H groups in total. The summed E-state index contributed by atoms with van der Waals surface area (Å²) < 4.78 is 0. The predicted molar refractivity (Wildman–Crippen MR) is 113 cm³/mol. The standard InChI is InChI=1S/C21H29N5O5/c27-19(22-23-21(29)17-7-4-8-18(14-17)26(30)31)15-24-9-11-25(12-10-24)20(28)13-16-5-2-1-3-6-16/h4,7-8,14,16H,1-3,5-6,9-13,15H2,(H,22,27)(H,23,29). The molecule has 0 spiro atoms. The Balaban J connectivity index is 1.37. The molecule has 0 unspecified atom stereocenters. The molecule has 3 rings (SSSR count). The van der Waals surface area contributed by atoms with Crippen molar-refractivity contribution >= 4 is 23.4 Å². The van der Waals surface area contributed by atoms with Gasteiger partial charge in [0.15, 0.2) is 0 Å². The number of nitro groups is 1. The normalized spacial score (nSPS) is 17.7. The minimum absolute atomic E-state index is 0.0830. The highest BCUT2D eigenvalue weighted by atomic mass is 16.6. The first-order valence-electron chi connectivity index (χ1n) is 10.8. The van der Waals surface area contributed by atoms with Gasteiger partial charge in [-0.1, -0.05) is 25.3 Å². The highest BCUT2D eigenvalue weighted by Crippen LogP contribution is 2.27. The maximum atomic E-state index is 12.5. The summed E-state index contributed by atoms with van der Waals surface area (Å²) in [5.41, 5.74) is 4.49. The van der Waals surface area contributed by atoms with Gasteiger partial charge in [-0.15, -0.1) is 0 Å². The Morgan fingerprint density at radius 3 is 2.42 bits per heavy atom. The molecule has 0 aromatic heterocycles. The number of nitrogens with zero attached hydrogens (tertiary/aromatic N) is 3. The second-order valence-electron chi connectivity index (χ2n) is 8.17. The molecule has 0 atom stereocenters. The van der Waals surface area contributed by atoms with Crippen LogP contribution in [0.15, 0.2) is 24.3 Å². The molecule has 1 saturated heterocycles. The zero-order valence-electron chi connectivity index (χ0n) is 17.5. The van der Waals surface area contributed by atoms with Crippen molar-refractivity contribution < 1.29 is 19.3 Å². The van der Waals surface area contributed by atoms with Crippen molar-refractivity contribution in [1.82, 2.24) is 20.7 Å². The first kappa shape index (κ1) is 22.7. The van der Waals surface area contributed by atoms with Crippen LogP contribution >= 0.6 is 0 Å². The molecular weight excluding hydrogens is 402 g/mol. The van der Waals surface area contributed by atoms with Crippen molar-refractivity contribution in [3.63, 3.8) is 0 Å². The van der Waals surface area contributed by atoms with Crippen LogP contribution in [0.1, 0.15) is 48.9 Å². The average molecular weight is 431 g/mol. The lowest BCUT2D eigenvalue weighted by atomic mass is 9.86. The van der Waals surface area contributed by atoms with Gasteiger partial charge in [0, 0.05) is 50.3 Å². The van der Waals surface area contributed by atoms with E-state index in [1.807, 2.05) is 9.80 Å². The second kappa shape index (κ2) is 10.9. The zero-order chi connectivity index (χ0) is 22.2. The highest BCUT2D eigenvalue weighted by Gasteiger charge is 2.25. The van der Waals surface area contributed by atoms with Gasteiger partial charge in [-0.2, -0.15) is 0 Å². The lowest BCUT2D eigenvalue weighted by Gasteiger charge is -2.35. The van der Waals surface area contributed by atoms with Gasteiger partial charge in [-0.25, -0.2) is 0 Å². The molecule has 0 bridgehead atoms. The van der Waals surface area contributed by atoms with Crippen molar-refractivity contribution in [2.24, 2.45) is 5.92 Å². The lowest BCUT2D eigenvalue weighted by Crippen LogP contribution is -2.53. The van der Waals surface area contributed by atoms with Crippen molar-refractivity contribution in [1.29, 1.82) is 0 Å². The topological polar surface area (TPSA) is 125 Å². The summed E-state index contributed by atoms with van der Waals surface area (Å²) >= 11 is 0. The Morgan fingerprint density at radius 2 is 1.74 bits per heavy atom. The van der Waals surface area contributed by atoms with Gasteiger partial charge in [0.05, 0.1) is 11.5 Å². The summed E-state index contributed by atoms with van der Waals surface area (Å²) in [5, 5.41) is 10.8. The van der Waals surface area contributed by atoms with Crippen LogP contribution in [0.25, 0.3) is 0 Å². The Kier molecular flexibility index (Phi) is 7.94. The fourth-order valence-corrected chi connectivity index (χ4v) is 4.12. The molecular formula is C21H29N5O5. The number of rotatable bonds is 6. The van der Waals surface area contributed by atoms with Gasteiger partial charge in [0.1, 0.15) is 0 Å². The molecule has 168 valence electrons. The van der Waals surface area contributed by atoms with E-state index in [1.165, 1.54) is 37.5 Å². The van der Waals surface area contributed by atoms with Crippen LogP contribution in [0.2, 0.25) is 0 Å². The molecule has 1 saturated carbocycles. The number of hydrogen-bond acceptors (Lipinski definition) is 6. The smallest absolute Gasteiger partial charge is 0.270 e. The second-order valence-corrected chi connectivity index (χ2v) is 8.17. The van der Waals surface area contributed by atoms with E-state index in [2.05, 4.69) is 10.9 Å². The number of benzene rings is 1. The molecule has 1 aliphatic carbocycles. The van der Waals surface area contributed by atoms with E-state index in [1.54, 1.807) is 0 Å². The number of hydrogen-bond donors (Lipinski definition) is 2. The first-order valence-corrected chi connectivity index (χ1v) is 10.8. The van der Waals surface area contributed by atoms with Crippen molar-refractivity contribution in [3.8, 4) is 0 Å². The van der Waals surface area contributed by atoms with E-state index in [0.717, 1.165) is 18.9 Å². The molecule has 3 amide bonds. The SMILES string of the molecule is O=C(CN1CCN(C(=O)CC2CCCCC2)CC1)NNC(=O)c1cccc([N+](=O)[O-])c1. The van der Waals surface area contributed by atoms with Crippen LogP contribution in [0, 0.1) is 16.0 Å². The maximum absolute atomic E-state index is 12.5. The fourth-order valence-electron chi connectivity index (χ4n) is 4.12. The van der Waals surface area contributed by atoms with Crippen LogP contribution in [0.3, 0.4) is 0 Å². The van der Waals surface area contributed by atoms with Crippen molar-refractivity contribution in [3.05, 3.63) is 39.9 Å². The predicted octanol–water partition coefficient (Wildman–Crippen LogP) is 1.47. The van der Waals surface area contributed by atoms with Gasteiger partial charge < -0.3 is 4.90 Å². The Hall–Kier alpha value is -3.01. The number of piperazine rings is 1. The van der Waals surface area contributed by atoms with Crippen LogP contribution in [-0.2, 0) is 9.59 Å². The number of carbonyl (C=O) groups is 3. The minimum Gasteiger partial charge on any atom is -0.340 e. The largest absolute Gasteiger partial charge is 0.340 e. The van der Waals surface area contributed by atoms with E-state index in [9.17, 15) is 24.5 Å². The maximum Gasteiger partial charge on any atom is 0.270 e. The summed E-state index contributed by atoms with van der Waals surface area (Å²) in [7, 11) is 0. The van der Waals surface area contributed by atoms with Crippen molar-refractivity contribution in [2.45, 2.75) is 38.5 Å². The number of carbonyl (C=O) groups excluding carboxylic acids is 3. The quantitative estimate of drug-likeness (QED) is 0.519. The number of nitro benzene ring substituents is 1. The van der Waals surface area contributed by atoms with Gasteiger partial charge in [0.25, 0.3) is 17.5 Å². The molecule has 1 heterocycles. The van der Waals surface area contributed by atoms with Crippen LogP contribution < -0.4 is 10.9 Å². The molecule has 0 radical (unpaired) electrons. The summed E-state index contributed by atoms with van der Waals surface area (Å²) in [6.07, 6.45) is 6.64. The van der Waals surface area contributed by atoms with E-state index in [0.29, 0.717) is 38.5 Å². The Bertz CT molecular complexity index is 816. The molecule has 2 aliphatic rings. The average Bonchev–Trinajstić information content (AvgIpc) is 2.78. The number of hydrazine groups is 1. The molecule has 10 nitrogen and oxygen atoms in total. The van der Waals surface area contributed by atoms with E-state index < -0.39 is 10.8 Å². The third kappa shape index (κ3) is 6.74. The first-order chi connectivity index (χ1) is 14.9. The van der Waals surface area contributed by atoms with Crippen LogP contribution in [0.4, 0.5) is 5.69 Å². The van der Waals surface area contributed by atoms with E-state index in [-0.39, 0.29) is 29.6 Å². The Labute approximate surface area is 181 Å². The third-order valence-electron chi connectivity index (χ3n) is 5.91. The number of non-ortho nitro benzene ring substituents is 1. The third-order valence-corrected chi connectivity index (χ3v) is 5.91. The van der Waals surface area contributed by atoms with Crippen LogP contribution in [0.5, 0.6) is 0 Å². The lowest BCUT2D eigenvalue weighted by molar-refractivity contribution is -0.384. The van der Waals surface area contributed by atoms with Gasteiger partial charge in [-0.3, -0.25) is 40.2 Å². The number of nitrogens with one attached hydrogen (secondary N) is 2. The molecule has 1 aromatic rings. The van der Waals surface area contributed by atoms with Gasteiger partial charge in [0.2, 0.25) is 5.91 Å².